The molecule has 3 rings (SSSR count). The van der Waals surface area contributed by atoms with Gasteiger partial charge < -0.3 is 9.40 Å². The molecule has 0 amide bonds. The van der Waals surface area contributed by atoms with Gasteiger partial charge in [-0.25, -0.2) is 4.98 Å². The molecular formula is C16H14N2O2. The Morgan fingerprint density at radius 1 is 1.30 bits per heavy atom. The number of pyridine rings is 1. The van der Waals surface area contributed by atoms with Crippen molar-refractivity contribution in [2.24, 2.45) is 0 Å². The molecule has 0 aliphatic rings. The summed E-state index contributed by atoms with van der Waals surface area (Å²) in [6, 6.07) is 9.44. The summed E-state index contributed by atoms with van der Waals surface area (Å²) in [4.78, 5) is 18.8. The van der Waals surface area contributed by atoms with Crippen LogP contribution < -0.4 is 5.56 Å². The Hall–Kier alpha value is -2.62. The highest BCUT2D eigenvalue weighted by Crippen LogP contribution is 2.16. The Labute approximate surface area is 115 Å². The smallest absolute Gasteiger partial charge is 0.255 e. The highest BCUT2D eigenvalue weighted by atomic mass is 16.3. The first-order valence-electron chi connectivity index (χ1n) is 6.51. The molecule has 3 aromatic rings. The average Bonchev–Trinajstić information content (AvgIpc) is 2.89. The van der Waals surface area contributed by atoms with Gasteiger partial charge in [0.05, 0.1) is 0 Å². The normalized spacial score (nSPS) is 11.4. The Morgan fingerprint density at radius 3 is 2.95 bits per heavy atom. The van der Waals surface area contributed by atoms with Gasteiger partial charge in [0.2, 0.25) is 5.89 Å². The van der Waals surface area contributed by atoms with E-state index in [1.54, 1.807) is 18.3 Å². The Balaban J connectivity index is 1.95. The van der Waals surface area contributed by atoms with E-state index < -0.39 is 0 Å². The number of rotatable bonds is 3. The van der Waals surface area contributed by atoms with Crippen LogP contribution in [0.15, 0.2) is 45.7 Å². The van der Waals surface area contributed by atoms with Crippen molar-refractivity contribution in [3.63, 3.8) is 0 Å². The molecule has 2 heterocycles. The summed E-state index contributed by atoms with van der Waals surface area (Å²) in [7, 11) is 0. The number of benzene rings is 1. The third-order valence-corrected chi connectivity index (χ3v) is 3.12. The first-order chi connectivity index (χ1) is 9.76. The summed E-state index contributed by atoms with van der Waals surface area (Å²) < 4.78 is 5.58. The summed E-state index contributed by atoms with van der Waals surface area (Å²) in [5.74, 6) is 0.493. The molecule has 0 saturated heterocycles. The number of hydrogen-bond acceptors (Lipinski definition) is 3. The van der Waals surface area contributed by atoms with Gasteiger partial charge in [-0.15, -0.1) is 0 Å². The van der Waals surface area contributed by atoms with Crippen LogP contribution in [0.3, 0.4) is 0 Å². The number of aromatic amines is 1. The van der Waals surface area contributed by atoms with E-state index in [9.17, 15) is 4.79 Å². The van der Waals surface area contributed by atoms with E-state index in [0.29, 0.717) is 11.5 Å². The Kier molecular flexibility index (Phi) is 3.21. The van der Waals surface area contributed by atoms with Crippen molar-refractivity contribution in [1.29, 1.82) is 0 Å². The molecular weight excluding hydrogens is 252 g/mol. The lowest BCUT2D eigenvalue weighted by Gasteiger charge is -1.97. The number of aryl methyl sites for hydroxylation is 1. The van der Waals surface area contributed by atoms with E-state index in [0.717, 1.165) is 23.1 Å². The van der Waals surface area contributed by atoms with Crippen LogP contribution in [-0.2, 0) is 6.42 Å². The SMILES string of the molecule is CCc1c[nH]c(=O)c(/C=C/c2nc3ccccc3o2)c1. The minimum Gasteiger partial charge on any atom is -0.437 e. The fourth-order valence-electron chi connectivity index (χ4n) is 2.00. The van der Waals surface area contributed by atoms with Crippen molar-refractivity contribution in [2.45, 2.75) is 13.3 Å². The number of nitrogens with one attached hydrogen (secondary N) is 1. The second-order valence-corrected chi connectivity index (χ2v) is 4.50. The lowest BCUT2D eigenvalue weighted by Crippen LogP contribution is -2.08. The molecule has 4 nitrogen and oxygen atoms in total. The van der Waals surface area contributed by atoms with Gasteiger partial charge in [0.1, 0.15) is 5.52 Å². The number of aromatic nitrogens is 2. The van der Waals surface area contributed by atoms with E-state index in [1.165, 1.54) is 0 Å². The zero-order chi connectivity index (χ0) is 13.9. The van der Waals surface area contributed by atoms with Crippen LogP contribution in [-0.4, -0.2) is 9.97 Å². The lowest BCUT2D eigenvalue weighted by molar-refractivity contribution is 0.589. The second kappa shape index (κ2) is 5.17. The fourth-order valence-corrected chi connectivity index (χ4v) is 2.00. The Bertz CT molecular complexity index is 795. The zero-order valence-corrected chi connectivity index (χ0v) is 11.1. The van der Waals surface area contributed by atoms with Crippen LogP contribution in [0.2, 0.25) is 0 Å². The molecule has 0 atom stereocenters. The summed E-state index contributed by atoms with van der Waals surface area (Å²) in [6.45, 7) is 2.04. The second-order valence-electron chi connectivity index (χ2n) is 4.50. The zero-order valence-electron chi connectivity index (χ0n) is 11.1. The van der Waals surface area contributed by atoms with Gasteiger partial charge >= 0.3 is 0 Å². The maximum Gasteiger partial charge on any atom is 0.255 e. The average molecular weight is 266 g/mol. The number of nitrogens with zero attached hydrogens (tertiary/aromatic N) is 1. The van der Waals surface area contributed by atoms with Crippen molar-refractivity contribution in [2.75, 3.05) is 0 Å². The van der Waals surface area contributed by atoms with E-state index in [-0.39, 0.29) is 5.56 Å². The van der Waals surface area contributed by atoms with Gasteiger partial charge in [0, 0.05) is 17.8 Å². The monoisotopic (exact) mass is 266 g/mol. The number of hydrogen-bond donors (Lipinski definition) is 1. The predicted octanol–water partition coefficient (Wildman–Crippen LogP) is 3.25. The molecule has 0 spiro atoms. The van der Waals surface area contributed by atoms with Crippen LogP contribution in [0.4, 0.5) is 0 Å². The maximum atomic E-state index is 11.7. The topological polar surface area (TPSA) is 58.9 Å². The highest BCUT2D eigenvalue weighted by Gasteiger charge is 2.02. The molecule has 0 aliphatic heterocycles. The fraction of sp³-hybridized carbons (Fsp3) is 0.125. The maximum absolute atomic E-state index is 11.7. The third-order valence-electron chi connectivity index (χ3n) is 3.12. The summed E-state index contributed by atoms with van der Waals surface area (Å²) >= 11 is 0. The van der Waals surface area contributed by atoms with Gasteiger partial charge in [-0.1, -0.05) is 19.1 Å². The summed E-state index contributed by atoms with van der Waals surface area (Å²) in [5, 5.41) is 0. The number of oxazole rings is 1. The Morgan fingerprint density at radius 2 is 2.15 bits per heavy atom. The van der Waals surface area contributed by atoms with E-state index in [1.807, 2.05) is 37.3 Å². The lowest BCUT2D eigenvalue weighted by atomic mass is 10.1. The van der Waals surface area contributed by atoms with Crippen LogP contribution in [0.1, 0.15) is 23.9 Å². The van der Waals surface area contributed by atoms with Crippen molar-refractivity contribution < 1.29 is 4.42 Å². The molecule has 0 fully saturated rings. The van der Waals surface area contributed by atoms with Gasteiger partial charge in [-0.05, 0) is 36.3 Å². The minimum atomic E-state index is -0.116. The van der Waals surface area contributed by atoms with Crippen molar-refractivity contribution >= 4 is 23.3 Å². The van der Waals surface area contributed by atoms with Crippen LogP contribution in [0.5, 0.6) is 0 Å². The van der Waals surface area contributed by atoms with Crippen LogP contribution in [0, 0.1) is 0 Å². The number of fused-ring (bicyclic) bond motifs is 1. The number of para-hydroxylation sites is 2. The molecule has 1 aromatic carbocycles. The molecule has 2 aromatic heterocycles. The number of H-pyrrole nitrogens is 1. The molecule has 1 N–H and O–H groups in total. The minimum absolute atomic E-state index is 0.116. The molecule has 20 heavy (non-hydrogen) atoms. The first kappa shape index (κ1) is 12.4. The van der Waals surface area contributed by atoms with Gasteiger partial charge in [0.15, 0.2) is 5.58 Å². The molecule has 0 radical (unpaired) electrons. The van der Waals surface area contributed by atoms with E-state index >= 15 is 0 Å². The van der Waals surface area contributed by atoms with Gasteiger partial charge in [0.25, 0.3) is 5.56 Å². The van der Waals surface area contributed by atoms with Crippen LogP contribution in [0.25, 0.3) is 23.3 Å². The third kappa shape index (κ3) is 2.40. The van der Waals surface area contributed by atoms with Gasteiger partial charge in [-0.3, -0.25) is 4.79 Å². The summed E-state index contributed by atoms with van der Waals surface area (Å²) in [5.41, 5.74) is 3.12. The standard InChI is InChI=1S/C16H14N2O2/c1-2-11-9-12(16(19)17-10-11)7-8-15-18-13-5-3-4-6-14(13)20-15/h3-10H,2H2,1H3,(H,17,19)/b8-7+. The summed E-state index contributed by atoms with van der Waals surface area (Å²) in [6.07, 6.45) is 6.05. The van der Waals surface area contributed by atoms with Gasteiger partial charge in [-0.2, -0.15) is 0 Å². The first-order valence-corrected chi connectivity index (χ1v) is 6.51. The predicted molar refractivity (Wildman–Crippen MR) is 79.4 cm³/mol. The quantitative estimate of drug-likeness (QED) is 0.791. The van der Waals surface area contributed by atoms with Crippen LogP contribution >= 0.6 is 0 Å². The molecule has 0 bridgehead atoms. The molecule has 0 saturated carbocycles. The van der Waals surface area contributed by atoms with Crippen molar-refractivity contribution in [1.82, 2.24) is 9.97 Å². The molecule has 4 heteroatoms. The van der Waals surface area contributed by atoms with E-state index in [4.69, 9.17) is 4.42 Å². The largest absolute Gasteiger partial charge is 0.437 e. The van der Waals surface area contributed by atoms with Crippen molar-refractivity contribution in [3.8, 4) is 0 Å². The molecule has 0 unspecified atom stereocenters. The highest BCUT2D eigenvalue weighted by molar-refractivity contribution is 5.75. The molecule has 100 valence electrons. The molecule has 0 aliphatic carbocycles. The van der Waals surface area contributed by atoms with Crippen molar-refractivity contribution in [3.05, 3.63) is 63.9 Å². The van der Waals surface area contributed by atoms with E-state index in [2.05, 4.69) is 9.97 Å².